The molecule has 0 aliphatic heterocycles. The quantitative estimate of drug-likeness (QED) is 0.558. The molecule has 0 heterocycles. The van der Waals surface area contributed by atoms with Crippen molar-refractivity contribution >= 4 is 35.1 Å². The number of halogens is 2. The van der Waals surface area contributed by atoms with Gasteiger partial charge in [0.25, 0.3) is 5.91 Å². The topological polar surface area (TPSA) is 87.9 Å². The largest absolute Gasteiger partial charge is 0.488 e. The summed E-state index contributed by atoms with van der Waals surface area (Å²) in [6, 6.07) is 11.0. The van der Waals surface area contributed by atoms with Crippen LogP contribution in [0.5, 0.6) is 11.5 Å². The lowest BCUT2D eigenvalue weighted by Crippen LogP contribution is -2.20. The van der Waals surface area contributed by atoms with Gasteiger partial charge in [-0.2, -0.15) is 0 Å². The molecule has 1 amide bonds. The normalized spacial score (nSPS) is 10.2. The SMILES string of the molecule is NC(=O)COc1ccc(C(=O)OCCOc2ccc(Cl)cc2Cl)cc1. The fourth-order valence-electron chi connectivity index (χ4n) is 1.80. The van der Waals surface area contributed by atoms with Crippen molar-refractivity contribution in [2.24, 2.45) is 5.73 Å². The number of carbonyl (C=O) groups excluding carboxylic acids is 2. The summed E-state index contributed by atoms with van der Waals surface area (Å²) in [4.78, 5) is 22.5. The Balaban J connectivity index is 1.77. The highest BCUT2D eigenvalue weighted by Crippen LogP contribution is 2.27. The van der Waals surface area contributed by atoms with Gasteiger partial charge in [0, 0.05) is 5.02 Å². The molecule has 0 bridgehead atoms. The highest BCUT2D eigenvalue weighted by Gasteiger charge is 2.08. The van der Waals surface area contributed by atoms with Gasteiger partial charge in [-0.3, -0.25) is 4.79 Å². The molecule has 25 heavy (non-hydrogen) atoms. The zero-order chi connectivity index (χ0) is 18.2. The Bertz CT molecular complexity index is 749. The van der Waals surface area contributed by atoms with E-state index in [0.29, 0.717) is 27.1 Å². The van der Waals surface area contributed by atoms with Crippen LogP contribution in [0.15, 0.2) is 42.5 Å². The Hall–Kier alpha value is -2.44. The maximum atomic E-state index is 11.9. The molecular formula is C17H15Cl2NO5. The zero-order valence-corrected chi connectivity index (χ0v) is 14.5. The van der Waals surface area contributed by atoms with E-state index in [2.05, 4.69) is 0 Å². The molecule has 0 saturated carbocycles. The van der Waals surface area contributed by atoms with Crippen molar-refractivity contribution < 1.29 is 23.8 Å². The van der Waals surface area contributed by atoms with Crippen LogP contribution in [-0.4, -0.2) is 31.7 Å². The van der Waals surface area contributed by atoms with Crippen molar-refractivity contribution in [3.05, 3.63) is 58.1 Å². The number of carbonyl (C=O) groups is 2. The predicted molar refractivity (Wildman–Crippen MR) is 93.4 cm³/mol. The van der Waals surface area contributed by atoms with Gasteiger partial charge in [0.1, 0.15) is 24.7 Å². The molecular weight excluding hydrogens is 369 g/mol. The summed E-state index contributed by atoms with van der Waals surface area (Å²) in [7, 11) is 0. The highest BCUT2D eigenvalue weighted by atomic mass is 35.5. The molecule has 0 fully saturated rings. The monoisotopic (exact) mass is 383 g/mol. The first-order chi connectivity index (χ1) is 12.0. The number of primary amides is 1. The number of hydrogen-bond acceptors (Lipinski definition) is 5. The number of esters is 1. The molecule has 132 valence electrons. The molecule has 6 nitrogen and oxygen atoms in total. The third kappa shape index (κ3) is 6.17. The van der Waals surface area contributed by atoms with Crippen molar-refractivity contribution in [1.82, 2.24) is 0 Å². The van der Waals surface area contributed by atoms with Gasteiger partial charge in [-0.1, -0.05) is 23.2 Å². The molecule has 8 heteroatoms. The van der Waals surface area contributed by atoms with E-state index in [9.17, 15) is 9.59 Å². The molecule has 0 aliphatic rings. The number of benzene rings is 2. The summed E-state index contributed by atoms with van der Waals surface area (Å²) in [5.41, 5.74) is 5.32. The van der Waals surface area contributed by atoms with Crippen LogP contribution >= 0.6 is 23.2 Å². The van der Waals surface area contributed by atoms with Crippen molar-refractivity contribution in [1.29, 1.82) is 0 Å². The number of rotatable bonds is 8. The highest BCUT2D eigenvalue weighted by molar-refractivity contribution is 6.35. The Morgan fingerprint density at radius 1 is 0.960 bits per heavy atom. The maximum absolute atomic E-state index is 11.9. The van der Waals surface area contributed by atoms with Gasteiger partial charge >= 0.3 is 5.97 Å². The molecule has 2 N–H and O–H groups in total. The smallest absolute Gasteiger partial charge is 0.338 e. The first-order valence-electron chi connectivity index (χ1n) is 7.22. The molecule has 2 rings (SSSR count). The number of ether oxygens (including phenoxy) is 3. The number of nitrogens with two attached hydrogens (primary N) is 1. The van der Waals surface area contributed by atoms with Crippen molar-refractivity contribution in [2.75, 3.05) is 19.8 Å². The van der Waals surface area contributed by atoms with Gasteiger partial charge in [-0.25, -0.2) is 4.79 Å². The van der Waals surface area contributed by atoms with E-state index in [1.54, 1.807) is 30.3 Å². The minimum absolute atomic E-state index is 0.0533. The van der Waals surface area contributed by atoms with Crippen LogP contribution in [0.1, 0.15) is 10.4 Å². The maximum Gasteiger partial charge on any atom is 0.338 e. The van der Waals surface area contributed by atoms with E-state index in [1.165, 1.54) is 12.1 Å². The molecule has 0 atom stereocenters. The van der Waals surface area contributed by atoms with E-state index >= 15 is 0 Å². The van der Waals surface area contributed by atoms with Crippen LogP contribution in [0.3, 0.4) is 0 Å². The lowest BCUT2D eigenvalue weighted by Gasteiger charge is -2.09. The Kier molecular flexibility index (Phi) is 6.91. The molecule has 2 aromatic carbocycles. The van der Waals surface area contributed by atoms with Crippen LogP contribution in [0, 0.1) is 0 Å². The first kappa shape index (κ1) is 18.9. The van der Waals surface area contributed by atoms with Crippen LogP contribution in [-0.2, 0) is 9.53 Å². The van der Waals surface area contributed by atoms with Crippen molar-refractivity contribution in [3.8, 4) is 11.5 Å². The third-order valence-corrected chi connectivity index (χ3v) is 3.47. The average Bonchev–Trinajstić information content (AvgIpc) is 2.58. The molecule has 0 radical (unpaired) electrons. The standard InChI is InChI=1S/C17H15Cl2NO5/c18-12-3-6-15(14(19)9-12)23-7-8-24-17(22)11-1-4-13(5-2-11)25-10-16(20)21/h1-6,9H,7-8,10H2,(H2,20,21). The van der Waals surface area contributed by atoms with Crippen LogP contribution in [0.2, 0.25) is 10.0 Å². The summed E-state index contributed by atoms with van der Waals surface area (Å²) in [6.07, 6.45) is 0. The first-order valence-corrected chi connectivity index (χ1v) is 7.97. The molecule has 0 aromatic heterocycles. The Morgan fingerprint density at radius 3 is 2.32 bits per heavy atom. The number of amides is 1. The second kappa shape index (κ2) is 9.15. The van der Waals surface area contributed by atoms with Gasteiger partial charge in [0.2, 0.25) is 0 Å². The molecule has 0 saturated heterocycles. The lowest BCUT2D eigenvalue weighted by molar-refractivity contribution is -0.119. The average molecular weight is 384 g/mol. The second-order valence-corrected chi connectivity index (χ2v) is 5.68. The zero-order valence-electron chi connectivity index (χ0n) is 13.0. The molecule has 0 aliphatic carbocycles. The van der Waals surface area contributed by atoms with Gasteiger partial charge in [0.15, 0.2) is 6.61 Å². The van der Waals surface area contributed by atoms with Gasteiger partial charge < -0.3 is 19.9 Å². The Morgan fingerprint density at radius 2 is 1.68 bits per heavy atom. The minimum Gasteiger partial charge on any atom is -0.488 e. The fourth-order valence-corrected chi connectivity index (χ4v) is 2.27. The van der Waals surface area contributed by atoms with Crippen LogP contribution < -0.4 is 15.2 Å². The van der Waals surface area contributed by atoms with E-state index in [0.717, 1.165) is 0 Å². The van der Waals surface area contributed by atoms with Gasteiger partial charge in [-0.15, -0.1) is 0 Å². The van der Waals surface area contributed by atoms with Crippen LogP contribution in [0.25, 0.3) is 0 Å². The molecule has 0 spiro atoms. The van der Waals surface area contributed by atoms with Crippen molar-refractivity contribution in [2.45, 2.75) is 0 Å². The summed E-state index contributed by atoms with van der Waals surface area (Å²) in [6.45, 7) is -0.0288. The van der Waals surface area contributed by atoms with Crippen LogP contribution in [0.4, 0.5) is 0 Å². The minimum atomic E-state index is -0.579. The van der Waals surface area contributed by atoms with E-state index in [4.69, 9.17) is 43.1 Å². The van der Waals surface area contributed by atoms with E-state index < -0.39 is 11.9 Å². The van der Waals surface area contributed by atoms with Gasteiger partial charge in [0.05, 0.1) is 10.6 Å². The third-order valence-electron chi connectivity index (χ3n) is 2.94. The summed E-state index contributed by atoms with van der Waals surface area (Å²) in [5, 5.41) is 0.886. The molecule has 0 unspecified atom stereocenters. The summed E-state index contributed by atoms with van der Waals surface area (Å²) in [5.74, 6) is -0.203. The van der Waals surface area contributed by atoms with E-state index in [1.807, 2.05) is 0 Å². The second-order valence-electron chi connectivity index (χ2n) is 4.84. The Labute approximate surface area is 154 Å². The summed E-state index contributed by atoms with van der Waals surface area (Å²) >= 11 is 11.8. The summed E-state index contributed by atoms with van der Waals surface area (Å²) < 4.78 is 15.6. The van der Waals surface area contributed by atoms with Crippen molar-refractivity contribution in [3.63, 3.8) is 0 Å². The van der Waals surface area contributed by atoms with E-state index in [-0.39, 0.29) is 19.8 Å². The van der Waals surface area contributed by atoms with Gasteiger partial charge in [-0.05, 0) is 42.5 Å². The molecule has 2 aromatic rings. The predicted octanol–water partition coefficient (Wildman–Crippen LogP) is 3.09. The number of hydrogen-bond donors (Lipinski definition) is 1. The fraction of sp³-hybridized carbons (Fsp3) is 0.176. The lowest BCUT2D eigenvalue weighted by atomic mass is 10.2.